The molecule has 22 heavy (non-hydrogen) atoms. The number of aliphatic hydroxyl groups is 1. The molecular formula is C18H27NO3. The fraction of sp³-hybridized carbons (Fsp3) is 0.667. The molecule has 2 aliphatic heterocycles. The minimum atomic E-state index is -0.715. The van der Waals surface area contributed by atoms with E-state index in [-0.39, 0.29) is 0 Å². The smallest absolute Gasteiger partial charge is 0.122 e. The second-order valence-electron chi connectivity index (χ2n) is 6.82. The summed E-state index contributed by atoms with van der Waals surface area (Å²) in [6.07, 6.45) is 3.09. The maximum atomic E-state index is 10.8. The molecule has 2 fully saturated rings. The molecule has 4 heteroatoms. The topological polar surface area (TPSA) is 41.9 Å². The van der Waals surface area contributed by atoms with Crippen LogP contribution in [0.25, 0.3) is 0 Å². The van der Waals surface area contributed by atoms with Crippen molar-refractivity contribution in [1.82, 2.24) is 4.90 Å². The van der Waals surface area contributed by atoms with E-state index >= 15 is 0 Å². The fourth-order valence-corrected chi connectivity index (χ4v) is 3.44. The third kappa shape index (κ3) is 4.00. The summed E-state index contributed by atoms with van der Waals surface area (Å²) in [7, 11) is 0. The molecule has 1 N–H and O–H groups in total. The van der Waals surface area contributed by atoms with Crippen LogP contribution in [0, 0.1) is 12.8 Å². The van der Waals surface area contributed by atoms with Gasteiger partial charge in [0.25, 0.3) is 0 Å². The molecule has 0 bridgehead atoms. The summed E-state index contributed by atoms with van der Waals surface area (Å²) in [5, 5.41) is 10.8. The lowest BCUT2D eigenvalue weighted by molar-refractivity contribution is -0.000160. The average Bonchev–Trinajstić information content (AvgIpc) is 2.89. The first-order chi connectivity index (χ1) is 10.6. The van der Waals surface area contributed by atoms with E-state index in [1.165, 1.54) is 0 Å². The molecule has 0 spiro atoms. The Bertz CT molecular complexity index is 487. The minimum absolute atomic E-state index is 0.377. The van der Waals surface area contributed by atoms with Crippen molar-refractivity contribution >= 4 is 0 Å². The number of nitrogens with zero attached hydrogens (tertiary/aromatic N) is 1. The zero-order valence-corrected chi connectivity index (χ0v) is 13.5. The lowest BCUT2D eigenvalue weighted by atomic mass is 10.00. The van der Waals surface area contributed by atoms with E-state index in [2.05, 4.69) is 4.90 Å². The van der Waals surface area contributed by atoms with Crippen LogP contribution in [0.15, 0.2) is 24.3 Å². The maximum absolute atomic E-state index is 10.8. The number of para-hydroxylation sites is 1. The number of hydrogen-bond donors (Lipinski definition) is 1. The fourth-order valence-electron chi connectivity index (χ4n) is 3.44. The normalized spacial score (nSPS) is 27.2. The molecule has 122 valence electrons. The van der Waals surface area contributed by atoms with Gasteiger partial charge < -0.3 is 14.6 Å². The van der Waals surface area contributed by atoms with Gasteiger partial charge in [0.2, 0.25) is 0 Å². The lowest BCUT2D eigenvalue weighted by Crippen LogP contribution is -2.40. The van der Waals surface area contributed by atoms with Crippen molar-refractivity contribution in [2.45, 2.75) is 31.8 Å². The van der Waals surface area contributed by atoms with Crippen LogP contribution in [-0.2, 0) is 4.74 Å². The van der Waals surface area contributed by atoms with Crippen molar-refractivity contribution in [3.63, 3.8) is 0 Å². The number of benzene rings is 1. The molecule has 2 saturated heterocycles. The highest BCUT2D eigenvalue weighted by Crippen LogP contribution is 2.26. The molecule has 3 rings (SSSR count). The van der Waals surface area contributed by atoms with Crippen molar-refractivity contribution in [3.05, 3.63) is 29.8 Å². The third-order valence-corrected chi connectivity index (χ3v) is 4.86. The average molecular weight is 305 g/mol. The number of likely N-dealkylation sites (tertiary alicyclic amines) is 1. The summed E-state index contributed by atoms with van der Waals surface area (Å²) in [4.78, 5) is 2.39. The van der Waals surface area contributed by atoms with Gasteiger partial charge in [0.05, 0.1) is 0 Å². The van der Waals surface area contributed by atoms with Crippen LogP contribution >= 0.6 is 0 Å². The van der Waals surface area contributed by atoms with Crippen LogP contribution in [0.5, 0.6) is 5.75 Å². The Morgan fingerprint density at radius 3 is 2.86 bits per heavy atom. The monoisotopic (exact) mass is 305 g/mol. The molecule has 1 aromatic carbocycles. The number of β-amino-alcohol motifs (C(OH)–C–C–N with tert-alkyl or cyclic N) is 1. The first-order valence-corrected chi connectivity index (χ1v) is 8.36. The summed E-state index contributed by atoms with van der Waals surface area (Å²) >= 11 is 0. The Morgan fingerprint density at radius 1 is 1.32 bits per heavy atom. The van der Waals surface area contributed by atoms with Crippen molar-refractivity contribution in [3.8, 4) is 5.75 Å². The Morgan fingerprint density at radius 2 is 2.09 bits per heavy atom. The minimum Gasteiger partial charge on any atom is -0.490 e. The first kappa shape index (κ1) is 15.8. The quantitative estimate of drug-likeness (QED) is 0.906. The summed E-state index contributed by atoms with van der Waals surface area (Å²) in [6, 6.07) is 7.97. The van der Waals surface area contributed by atoms with Crippen molar-refractivity contribution in [2.75, 3.05) is 39.5 Å². The van der Waals surface area contributed by atoms with Gasteiger partial charge in [-0.15, -0.1) is 0 Å². The Hall–Kier alpha value is -1.10. The lowest BCUT2D eigenvalue weighted by Gasteiger charge is -2.28. The molecular weight excluding hydrogens is 278 g/mol. The predicted molar refractivity (Wildman–Crippen MR) is 86.2 cm³/mol. The van der Waals surface area contributed by atoms with Crippen molar-refractivity contribution < 1.29 is 14.6 Å². The van der Waals surface area contributed by atoms with E-state index in [0.29, 0.717) is 12.5 Å². The highest BCUT2D eigenvalue weighted by molar-refractivity contribution is 5.31. The first-order valence-electron chi connectivity index (χ1n) is 8.36. The number of ether oxygens (including phenoxy) is 2. The van der Waals surface area contributed by atoms with E-state index in [1.807, 2.05) is 31.2 Å². The Labute approximate surface area is 133 Å². The van der Waals surface area contributed by atoms with Crippen LogP contribution in [-0.4, -0.2) is 55.1 Å². The molecule has 0 amide bonds. The highest BCUT2D eigenvalue weighted by Gasteiger charge is 2.37. The molecule has 0 saturated carbocycles. The van der Waals surface area contributed by atoms with E-state index in [9.17, 15) is 5.11 Å². The second-order valence-corrected chi connectivity index (χ2v) is 6.82. The summed E-state index contributed by atoms with van der Waals surface area (Å²) in [5.74, 6) is 1.59. The van der Waals surface area contributed by atoms with Crippen LogP contribution in [0.4, 0.5) is 0 Å². The third-order valence-electron chi connectivity index (χ3n) is 4.86. The Kier molecular flexibility index (Phi) is 5.01. The van der Waals surface area contributed by atoms with E-state index in [4.69, 9.17) is 9.47 Å². The van der Waals surface area contributed by atoms with Crippen LogP contribution in [0.3, 0.4) is 0 Å². The number of rotatable bonds is 5. The van der Waals surface area contributed by atoms with Crippen molar-refractivity contribution in [2.24, 2.45) is 5.92 Å². The summed E-state index contributed by atoms with van der Waals surface area (Å²) < 4.78 is 11.3. The zero-order valence-electron chi connectivity index (χ0n) is 13.5. The molecule has 1 atom stereocenters. The van der Waals surface area contributed by atoms with Crippen LogP contribution < -0.4 is 4.74 Å². The molecule has 1 unspecified atom stereocenters. The van der Waals surface area contributed by atoms with E-state index in [0.717, 1.165) is 63.4 Å². The molecule has 4 nitrogen and oxygen atoms in total. The molecule has 0 radical (unpaired) electrons. The van der Waals surface area contributed by atoms with Crippen LogP contribution in [0.1, 0.15) is 24.8 Å². The molecule has 2 aliphatic rings. The van der Waals surface area contributed by atoms with Gasteiger partial charge in [0.1, 0.15) is 18.0 Å². The van der Waals surface area contributed by atoms with Gasteiger partial charge >= 0.3 is 0 Å². The van der Waals surface area contributed by atoms with Gasteiger partial charge in [-0.1, -0.05) is 18.2 Å². The van der Waals surface area contributed by atoms with Gasteiger partial charge in [-0.2, -0.15) is 0 Å². The number of aryl methyl sites for hydroxylation is 1. The predicted octanol–water partition coefficient (Wildman–Crippen LogP) is 2.24. The van der Waals surface area contributed by atoms with E-state index in [1.54, 1.807) is 0 Å². The second kappa shape index (κ2) is 6.99. The van der Waals surface area contributed by atoms with Crippen LogP contribution in [0.2, 0.25) is 0 Å². The van der Waals surface area contributed by atoms with E-state index < -0.39 is 5.60 Å². The number of hydrogen-bond acceptors (Lipinski definition) is 4. The van der Waals surface area contributed by atoms with Gasteiger partial charge in [-0.25, -0.2) is 0 Å². The van der Waals surface area contributed by atoms with Crippen molar-refractivity contribution in [1.29, 1.82) is 0 Å². The largest absolute Gasteiger partial charge is 0.490 e. The SMILES string of the molecule is Cc1ccccc1OCC1(O)CCN(CC2CCOCC2)C1. The van der Waals surface area contributed by atoms with Gasteiger partial charge in [-0.05, 0) is 43.7 Å². The Balaban J connectivity index is 1.48. The molecule has 2 heterocycles. The standard InChI is InChI=1S/C18H27NO3/c1-15-4-2-3-5-17(15)22-14-18(20)8-9-19(13-18)12-16-6-10-21-11-7-16/h2-5,16,20H,6-14H2,1H3. The summed E-state index contributed by atoms with van der Waals surface area (Å²) in [5.41, 5.74) is 0.399. The zero-order chi connectivity index (χ0) is 15.4. The molecule has 1 aromatic rings. The molecule has 0 aromatic heterocycles. The van der Waals surface area contributed by atoms with Gasteiger partial charge in [-0.3, -0.25) is 4.90 Å². The van der Waals surface area contributed by atoms with Gasteiger partial charge in [0, 0.05) is 32.8 Å². The highest BCUT2D eigenvalue weighted by atomic mass is 16.5. The maximum Gasteiger partial charge on any atom is 0.122 e. The van der Waals surface area contributed by atoms with Gasteiger partial charge in [0.15, 0.2) is 0 Å². The summed E-state index contributed by atoms with van der Waals surface area (Å²) in [6.45, 7) is 6.95. The molecule has 0 aliphatic carbocycles.